The molecule has 0 amide bonds. The van der Waals surface area contributed by atoms with Crippen LogP contribution in [0.4, 0.5) is 0 Å². The number of rotatable bonds is 1. The van der Waals surface area contributed by atoms with Crippen LogP contribution in [-0.2, 0) is 0 Å². The molecule has 2 nitrogen and oxygen atoms in total. The molecule has 0 radical (unpaired) electrons. The maximum Gasteiger partial charge on any atom is 0.0619 e. The van der Waals surface area contributed by atoms with Crippen LogP contribution in [0.3, 0.4) is 0 Å². The fraction of sp³-hybridized carbons (Fsp3) is 0. The molecule has 8 rings (SSSR count). The summed E-state index contributed by atoms with van der Waals surface area (Å²) in [5.74, 6) is 0. The first-order valence-corrected chi connectivity index (χ1v) is 11.5. The number of hydrogen-bond donors (Lipinski definition) is 0. The molecule has 0 spiro atoms. The standard InChI is InChI=1S/C30H17ClN2/c31-18-16-26-29-27(17-18)33-24-14-5-4-10-20(24)22-12-6-13-23(30(22)33)21-11-7-15-25(28(21)29)32(26)19-8-2-1-3-9-19/h1-17H. The number of nitrogens with zero attached hydrogens (tertiary/aromatic N) is 2. The summed E-state index contributed by atoms with van der Waals surface area (Å²) < 4.78 is 4.77. The Morgan fingerprint density at radius 1 is 0.485 bits per heavy atom. The molecule has 5 aromatic carbocycles. The molecule has 0 aliphatic rings. The van der Waals surface area contributed by atoms with Crippen molar-refractivity contribution in [1.29, 1.82) is 0 Å². The summed E-state index contributed by atoms with van der Waals surface area (Å²) >= 11 is 6.82. The molecular weight excluding hydrogens is 424 g/mol. The number of para-hydroxylation sites is 3. The first-order valence-electron chi connectivity index (χ1n) is 11.2. The minimum atomic E-state index is 0.740. The molecule has 0 aliphatic heterocycles. The van der Waals surface area contributed by atoms with E-state index in [4.69, 9.17) is 11.6 Å². The van der Waals surface area contributed by atoms with Gasteiger partial charge in [-0.15, -0.1) is 0 Å². The Bertz CT molecular complexity index is 2030. The van der Waals surface area contributed by atoms with Gasteiger partial charge in [-0.05, 0) is 41.8 Å². The van der Waals surface area contributed by atoms with Gasteiger partial charge in [0.1, 0.15) is 0 Å². The van der Waals surface area contributed by atoms with Gasteiger partial charge >= 0.3 is 0 Å². The third kappa shape index (κ3) is 2.10. The fourth-order valence-electron chi connectivity index (χ4n) is 5.87. The van der Waals surface area contributed by atoms with Crippen LogP contribution >= 0.6 is 11.6 Å². The molecule has 0 fully saturated rings. The smallest absolute Gasteiger partial charge is 0.0619 e. The Labute approximate surface area is 194 Å². The number of halogens is 1. The molecule has 154 valence electrons. The first-order chi connectivity index (χ1) is 16.3. The zero-order valence-corrected chi connectivity index (χ0v) is 18.3. The van der Waals surface area contributed by atoms with E-state index in [1.165, 1.54) is 48.9 Å². The van der Waals surface area contributed by atoms with E-state index in [-0.39, 0.29) is 0 Å². The molecule has 0 saturated heterocycles. The van der Waals surface area contributed by atoms with Gasteiger partial charge in [0.05, 0.1) is 27.6 Å². The molecule has 3 aromatic heterocycles. The molecule has 0 saturated carbocycles. The van der Waals surface area contributed by atoms with Crippen molar-refractivity contribution in [2.45, 2.75) is 0 Å². The zero-order valence-electron chi connectivity index (χ0n) is 17.6. The van der Waals surface area contributed by atoms with Gasteiger partial charge in [0.2, 0.25) is 0 Å². The Kier molecular flexibility index (Phi) is 3.22. The predicted molar refractivity (Wildman–Crippen MR) is 140 cm³/mol. The van der Waals surface area contributed by atoms with Crippen LogP contribution in [0.15, 0.2) is 103 Å². The minimum Gasteiger partial charge on any atom is -0.309 e. The highest BCUT2D eigenvalue weighted by molar-refractivity contribution is 6.35. The van der Waals surface area contributed by atoms with Crippen LogP contribution in [0, 0.1) is 0 Å². The number of fused-ring (bicyclic) bond motifs is 5. The van der Waals surface area contributed by atoms with E-state index in [0.717, 1.165) is 21.7 Å². The third-order valence-electron chi connectivity index (χ3n) is 7.08. The molecule has 8 aromatic rings. The van der Waals surface area contributed by atoms with Crippen molar-refractivity contribution >= 4 is 71.5 Å². The van der Waals surface area contributed by atoms with Crippen LogP contribution < -0.4 is 0 Å². The summed E-state index contributed by atoms with van der Waals surface area (Å²) in [5, 5.41) is 8.33. The lowest BCUT2D eigenvalue weighted by Gasteiger charge is -2.09. The van der Waals surface area contributed by atoms with Crippen molar-refractivity contribution < 1.29 is 0 Å². The lowest BCUT2D eigenvalue weighted by molar-refractivity contribution is 1.18. The summed E-state index contributed by atoms with van der Waals surface area (Å²) in [4.78, 5) is 0. The summed E-state index contributed by atoms with van der Waals surface area (Å²) in [5.41, 5.74) is 7.06. The molecule has 0 atom stereocenters. The van der Waals surface area contributed by atoms with Crippen LogP contribution in [0.25, 0.3) is 65.6 Å². The topological polar surface area (TPSA) is 9.34 Å². The highest BCUT2D eigenvalue weighted by atomic mass is 35.5. The molecule has 3 heteroatoms. The average Bonchev–Trinajstić information content (AvgIpc) is 3.32. The second-order valence-corrected chi connectivity index (χ2v) is 9.18. The van der Waals surface area contributed by atoms with Gasteiger partial charge < -0.3 is 8.97 Å². The Hall–Kier alpha value is -4.01. The Morgan fingerprint density at radius 3 is 2.00 bits per heavy atom. The van der Waals surface area contributed by atoms with Crippen molar-refractivity contribution in [3.05, 3.63) is 108 Å². The fourth-order valence-corrected chi connectivity index (χ4v) is 6.08. The predicted octanol–water partition coefficient (Wildman–Crippen LogP) is 8.59. The molecule has 33 heavy (non-hydrogen) atoms. The van der Waals surface area contributed by atoms with E-state index >= 15 is 0 Å². The zero-order chi connectivity index (χ0) is 21.7. The van der Waals surface area contributed by atoms with Gasteiger partial charge in [0, 0.05) is 37.6 Å². The second kappa shape index (κ2) is 6.06. The average molecular weight is 441 g/mol. The van der Waals surface area contributed by atoms with E-state index < -0.39 is 0 Å². The van der Waals surface area contributed by atoms with Gasteiger partial charge in [-0.1, -0.05) is 78.3 Å². The van der Waals surface area contributed by atoms with Gasteiger partial charge in [0.15, 0.2) is 0 Å². The summed E-state index contributed by atoms with van der Waals surface area (Å²) in [6.07, 6.45) is 0. The van der Waals surface area contributed by atoms with E-state index in [1.54, 1.807) is 0 Å². The third-order valence-corrected chi connectivity index (χ3v) is 7.29. The van der Waals surface area contributed by atoms with Crippen molar-refractivity contribution in [3.63, 3.8) is 0 Å². The normalized spacial score (nSPS) is 12.4. The Morgan fingerprint density at radius 2 is 1.12 bits per heavy atom. The van der Waals surface area contributed by atoms with Crippen molar-refractivity contribution in [2.24, 2.45) is 0 Å². The maximum absolute atomic E-state index is 6.82. The Balaban J connectivity index is 1.82. The molecule has 0 bridgehead atoms. The maximum atomic E-state index is 6.82. The van der Waals surface area contributed by atoms with E-state index in [2.05, 4.69) is 112 Å². The summed E-state index contributed by atoms with van der Waals surface area (Å²) in [6, 6.07) is 36.8. The molecule has 3 heterocycles. The van der Waals surface area contributed by atoms with Crippen molar-refractivity contribution in [1.82, 2.24) is 8.97 Å². The number of aromatic nitrogens is 2. The monoisotopic (exact) mass is 440 g/mol. The highest BCUT2D eigenvalue weighted by Gasteiger charge is 2.22. The molecular formula is C30H17ClN2. The van der Waals surface area contributed by atoms with Crippen LogP contribution in [0.2, 0.25) is 5.02 Å². The van der Waals surface area contributed by atoms with Gasteiger partial charge in [0.25, 0.3) is 0 Å². The molecule has 0 N–H and O–H groups in total. The summed E-state index contributed by atoms with van der Waals surface area (Å²) in [7, 11) is 0. The van der Waals surface area contributed by atoms with Gasteiger partial charge in [-0.3, -0.25) is 0 Å². The molecule has 0 unspecified atom stereocenters. The largest absolute Gasteiger partial charge is 0.309 e. The lowest BCUT2D eigenvalue weighted by atomic mass is 10.0. The van der Waals surface area contributed by atoms with Gasteiger partial charge in [-0.25, -0.2) is 0 Å². The molecule has 0 aliphatic carbocycles. The second-order valence-electron chi connectivity index (χ2n) is 8.74. The van der Waals surface area contributed by atoms with Gasteiger partial charge in [-0.2, -0.15) is 0 Å². The van der Waals surface area contributed by atoms with E-state index in [9.17, 15) is 0 Å². The van der Waals surface area contributed by atoms with Crippen LogP contribution in [0.5, 0.6) is 0 Å². The quantitative estimate of drug-likeness (QED) is 0.242. The first kappa shape index (κ1) is 17.5. The SMILES string of the molecule is Clc1cc2c3c4c(cccc4n2-c2ccccc2)c2cccc4c5ccccc5n(c3c1)c24. The van der Waals surface area contributed by atoms with E-state index in [0.29, 0.717) is 0 Å². The highest BCUT2D eigenvalue weighted by Crippen LogP contribution is 2.44. The van der Waals surface area contributed by atoms with Crippen LogP contribution in [-0.4, -0.2) is 8.97 Å². The lowest BCUT2D eigenvalue weighted by Crippen LogP contribution is -1.94. The van der Waals surface area contributed by atoms with E-state index in [1.807, 2.05) is 0 Å². The minimum absolute atomic E-state index is 0.740. The summed E-state index contributed by atoms with van der Waals surface area (Å²) in [6.45, 7) is 0. The number of hydrogen-bond acceptors (Lipinski definition) is 0. The van der Waals surface area contributed by atoms with Crippen LogP contribution in [0.1, 0.15) is 0 Å². The van der Waals surface area contributed by atoms with Crippen molar-refractivity contribution in [2.75, 3.05) is 0 Å². The number of benzene rings is 5. The van der Waals surface area contributed by atoms with Crippen molar-refractivity contribution in [3.8, 4) is 5.69 Å².